The minimum Gasteiger partial charge on any atom is -0.352 e. The van der Waals surface area contributed by atoms with Gasteiger partial charge in [-0.15, -0.1) is 0 Å². The topological polar surface area (TPSA) is 61.4 Å². The zero-order valence-corrected chi connectivity index (χ0v) is 14.9. The lowest BCUT2D eigenvalue weighted by molar-refractivity contribution is -0.138. The van der Waals surface area contributed by atoms with Crippen LogP contribution in [-0.4, -0.2) is 29.4 Å². The average Bonchev–Trinajstić information content (AvgIpc) is 2.86. The van der Waals surface area contributed by atoms with E-state index in [4.69, 9.17) is 0 Å². The van der Waals surface area contributed by atoms with Crippen molar-refractivity contribution in [2.75, 3.05) is 6.54 Å². The molecule has 0 spiro atoms. The normalized spacial score (nSPS) is 19.0. The monoisotopic (exact) mass is 341 g/mol. The molecule has 3 rings (SSSR count). The molecule has 1 aliphatic heterocycles. The standard InChI is InChI=1S/C20H27N3O2/c1-15-8-10-16(11-9-15)18-12-13-20(25)23(22-18)14-19(24)21-17-6-4-2-3-5-7-17/h8-12,17,22H,2-7,13-14H2,1H3,(H,21,24). The van der Waals surface area contributed by atoms with Gasteiger partial charge in [0.05, 0.1) is 5.70 Å². The van der Waals surface area contributed by atoms with E-state index in [2.05, 4.69) is 10.7 Å². The van der Waals surface area contributed by atoms with E-state index in [1.807, 2.05) is 37.3 Å². The van der Waals surface area contributed by atoms with Gasteiger partial charge in [0, 0.05) is 12.5 Å². The molecule has 5 heteroatoms. The molecule has 134 valence electrons. The van der Waals surface area contributed by atoms with Gasteiger partial charge in [-0.25, -0.2) is 5.01 Å². The van der Waals surface area contributed by atoms with Crippen molar-refractivity contribution in [2.24, 2.45) is 0 Å². The number of hydrazine groups is 1. The van der Waals surface area contributed by atoms with Gasteiger partial charge in [-0.2, -0.15) is 0 Å². The van der Waals surface area contributed by atoms with Gasteiger partial charge in [0.15, 0.2) is 0 Å². The number of benzene rings is 1. The Kier molecular flexibility index (Phi) is 5.74. The van der Waals surface area contributed by atoms with Crippen molar-refractivity contribution in [3.05, 3.63) is 41.5 Å². The zero-order chi connectivity index (χ0) is 17.6. The minimum absolute atomic E-state index is 0.0541. The van der Waals surface area contributed by atoms with Gasteiger partial charge in [-0.1, -0.05) is 55.5 Å². The largest absolute Gasteiger partial charge is 0.352 e. The third-order valence-electron chi connectivity index (χ3n) is 4.92. The summed E-state index contributed by atoms with van der Waals surface area (Å²) in [7, 11) is 0. The predicted molar refractivity (Wildman–Crippen MR) is 98.3 cm³/mol. The molecule has 5 nitrogen and oxygen atoms in total. The van der Waals surface area contributed by atoms with Crippen LogP contribution in [0.2, 0.25) is 0 Å². The summed E-state index contributed by atoms with van der Waals surface area (Å²) in [6, 6.07) is 8.37. The summed E-state index contributed by atoms with van der Waals surface area (Å²) in [5, 5.41) is 4.53. The highest BCUT2D eigenvalue weighted by molar-refractivity contribution is 5.88. The molecular formula is C20H27N3O2. The van der Waals surface area contributed by atoms with Crippen molar-refractivity contribution in [3.63, 3.8) is 0 Å². The Bertz CT molecular complexity index is 643. The fourth-order valence-corrected chi connectivity index (χ4v) is 3.44. The Morgan fingerprint density at radius 3 is 2.52 bits per heavy atom. The Morgan fingerprint density at radius 2 is 1.84 bits per heavy atom. The number of rotatable bonds is 4. The van der Waals surface area contributed by atoms with Crippen molar-refractivity contribution >= 4 is 17.5 Å². The van der Waals surface area contributed by atoms with Gasteiger partial charge in [0.2, 0.25) is 11.8 Å². The molecule has 1 aromatic rings. The molecule has 1 heterocycles. The third kappa shape index (κ3) is 4.84. The van der Waals surface area contributed by atoms with Gasteiger partial charge < -0.3 is 5.32 Å². The van der Waals surface area contributed by atoms with Crippen molar-refractivity contribution in [1.29, 1.82) is 0 Å². The number of hydrogen-bond acceptors (Lipinski definition) is 3. The van der Waals surface area contributed by atoms with E-state index >= 15 is 0 Å². The molecule has 0 radical (unpaired) electrons. The minimum atomic E-state index is -0.0853. The second kappa shape index (κ2) is 8.19. The van der Waals surface area contributed by atoms with Gasteiger partial charge in [0.1, 0.15) is 6.54 Å². The van der Waals surface area contributed by atoms with Crippen molar-refractivity contribution < 1.29 is 9.59 Å². The maximum Gasteiger partial charge on any atom is 0.245 e. The van der Waals surface area contributed by atoms with Gasteiger partial charge in [-0.3, -0.25) is 15.0 Å². The first kappa shape index (κ1) is 17.5. The predicted octanol–water partition coefficient (Wildman–Crippen LogP) is 2.91. The first-order valence-electron chi connectivity index (χ1n) is 9.25. The summed E-state index contributed by atoms with van der Waals surface area (Å²) in [5.74, 6) is -0.162. The highest BCUT2D eigenvalue weighted by atomic mass is 16.2. The van der Waals surface area contributed by atoms with E-state index in [0.29, 0.717) is 6.42 Å². The summed E-state index contributed by atoms with van der Waals surface area (Å²) in [6.45, 7) is 2.10. The Labute approximate surface area is 149 Å². The van der Waals surface area contributed by atoms with Gasteiger partial charge in [-0.05, 0) is 31.4 Å². The fraction of sp³-hybridized carbons (Fsp3) is 0.500. The summed E-state index contributed by atoms with van der Waals surface area (Å²) in [5.41, 5.74) is 6.19. The summed E-state index contributed by atoms with van der Waals surface area (Å²) in [6.07, 6.45) is 9.13. The molecule has 25 heavy (non-hydrogen) atoms. The Hall–Kier alpha value is -2.30. The second-order valence-electron chi connectivity index (χ2n) is 7.04. The third-order valence-corrected chi connectivity index (χ3v) is 4.92. The Morgan fingerprint density at radius 1 is 1.16 bits per heavy atom. The van der Waals surface area contributed by atoms with E-state index in [9.17, 15) is 9.59 Å². The maximum atomic E-state index is 12.4. The highest BCUT2D eigenvalue weighted by Gasteiger charge is 2.23. The number of carbonyl (C=O) groups excluding carboxylic acids is 2. The lowest BCUT2D eigenvalue weighted by Gasteiger charge is -2.29. The summed E-state index contributed by atoms with van der Waals surface area (Å²) in [4.78, 5) is 24.5. The molecule has 0 unspecified atom stereocenters. The van der Waals surface area contributed by atoms with Gasteiger partial charge in [0.25, 0.3) is 0 Å². The molecule has 0 atom stereocenters. The van der Waals surface area contributed by atoms with E-state index in [1.165, 1.54) is 36.3 Å². The molecule has 1 aliphatic carbocycles. The number of aryl methyl sites for hydroxylation is 1. The fourth-order valence-electron chi connectivity index (χ4n) is 3.44. The first-order chi connectivity index (χ1) is 12.1. The molecule has 1 fully saturated rings. The molecule has 1 aromatic carbocycles. The zero-order valence-electron chi connectivity index (χ0n) is 14.9. The summed E-state index contributed by atoms with van der Waals surface area (Å²) < 4.78 is 0. The number of hydrogen-bond donors (Lipinski definition) is 2. The van der Waals surface area contributed by atoms with Crippen LogP contribution in [-0.2, 0) is 9.59 Å². The van der Waals surface area contributed by atoms with Crippen LogP contribution in [0.3, 0.4) is 0 Å². The van der Waals surface area contributed by atoms with Crippen LogP contribution in [0.4, 0.5) is 0 Å². The maximum absolute atomic E-state index is 12.4. The lowest BCUT2D eigenvalue weighted by Crippen LogP contribution is -2.50. The number of nitrogens with zero attached hydrogens (tertiary/aromatic N) is 1. The number of carbonyl (C=O) groups is 2. The van der Waals surface area contributed by atoms with E-state index in [0.717, 1.165) is 24.1 Å². The molecule has 2 aliphatic rings. The lowest BCUT2D eigenvalue weighted by atomic mass is 10.1. The molecule has 2 N–H and O–H groups in total. The molecule has 0 bridgehead atoms. The Balaban J connectivity index is 1.58. The quantitative estimate of drug-likeness (QED) is 0.828. The highest BCUT2D eigenvalue weighted by Crippen LogP contribution is 2.19. The van der Waals surface area contributed by atoms with E-state index < -0.39 is 0 Å². The molecule has 0 aromatic heterocycles. The van der Waals surface area contributed by atoms with E-state index in [1.54, 1.807) is 0 Å². The molecule has 0 saturated heterocycles. The number of amides is 2. The van der Waals surface area contributed by atoms with Crippen LogP contribution in [0.5, 0.6) is 0 Å². The second-order valence-corrected chi connectivity index (χ2v) is 7.04. The smallest absolute Gasteiger partial charge is 0.245 e. The molecule has 1 saturated carbocycles. The molecule has 2 amide bonds. The van der Waals surface area contributed by atoms with Crippen molar-refractivity contribution in [1.82, 2.24) is 15.8 Å². The van der Waals surface area contributed by atoms with Crippen molar-refractivity contribution in [3.8, 4) is 0 Å². The average molecular weight is 341 g/mol. The van der Waals surface area contributed by atoms with Crippen LogP contribution in [0.15, 0.2) is 30.3 Å². The molecular weight excluding hydrogens is 314 g/mol. The first-order valence-corrected chi connectivity index (χ1v) is 9.25. The SMILES string of the molecule is Cc1ccc(C2=CCC(=O)N(CC(=O)NC3CCCCCC3)N2)cc1. The van der Waals surface area contributed by atoms with Crippen molar-refractivity contribution in [2.45, 2.75) is 57.9 Å². The van der Waals surface area contributed by atoms with Crippen LogP contribution < -0.4 is 10.7 Å². The van der Waals surface area contributed by atoms with Crippen LogP contribution in [0, 0.1) is 6.92 Å². The van der Waals surface area contributed by atoms with E-state index in [-0.39, 0.29) is 24.4 Å². The van der Waals surface area contributed by atoms with Crippen LogP contribution in [0.1, 0.15) is 56.1 Å². The number of nitrogens with one attached hydrogen (secondary N) is 2. The van der Waals surface area contributed by atoms with Crippen LogP contribution in [0.25, 0.3) is 5.70 Å². The van der Waals surface area contributed by atoms with Gasteiger partial charge >= 0.3 is 0 Å². The van der Waals surface area contributed by atoms with Crippen LogP contribution >= 0.6 is 0 Å². The summed E-state index contributed by atoms with van der Waals surface area (Å²) >= 11 is 0.